The molecule has 2 amide bonds. The summed E-state index contributed by atoms with van der Waals surface area (Å²) >= 11 is 0. The molecule has 5 atom stereocenters. The van der Waals surface area contributed by atoms with Crippen molar-refractivity contribution >= 4 is 17.5 Å². The van der Waals surface area contributed by atoms with Crippen molar-refractivity contribution in [3.8, 4) is 5.75 Å². The van der Waals surface area contributed by atoms with Gasteiger partial charge in [0.2, 0.25) is 11.8 Å². The summed E-state index contributed by atoms with van der Waals surface area (Å²) in [6, 6.07) is 15.1. The van der Waals surface area contributed by atoms with E-state index in [1.165, 1.54) is 0 Å². The molecule has 0 spiro atoms. The van der Waals surface area contributed by atoms with Gasteiger partial charge in [0.1, 0.15) is 5.75 Å². The summed E-state index contributed by atoms with van der Waals surface area (Å²) in [6.07, 6.45) is 1.40. The third-order valence-corrected chi connectivity index (χ3v) is 9.01. The van der Waals surface area contributed by atoms with Crippen LogP contribution in [0.4, 0.5) is 5.69 Å². The van der Waals surface area contributed by atoms with Crippen molar-refractivity contribution in [3.63, 3.8) is 0 Å². The summed E-state index contributed by atoms with van der Waals surface area (Å²) in [7, 11) is 3.28. The van der Waals surface area contributed by atoms with E-state index in [9.17, 15) is 14.7 Å². The number of nitrogens with one attached hydrogen (secondary N) is 2. The van der Waals surface area contributed by atoms with Gasteiger partial charge in [-0.25, -0.2) is 0 Å². The maximum absolute atomic E-state index is 13.5. The van der Waals surface area contributed by atoms with Gasteiger partial charge in [-0.3, -0.25) is 9.59 Å². The van der Waals surface area contributed by atoms with Gasteiger partial charge in [-0.05, 0) is 65.7 Å². The number of methoxy groups -OCH3 is 2. The minimum atomic E-state index is -0.905. The first-order valence-corrected chi connectivity index (χ1v) is 17.5. The largest absolute Gasteiger partial charge is 0.491 e. The molecule has 0 aliphatic rings. The first-order chi connectivity index (χ1) is 22.7. The standard InChI is InChI=1S/C39H63N3O6/c1-26(2)29(22-37(44)42-34-23-30(39(5,6)7)16-17-36(34)48-19-13-18-46-8)21-33(40)35(43)24-32(27(3)4)38(45)41-31(25-47-9)20-28-14-11-10-12-15-28/h10-12,14-17,23,26-27,29,31-33,35,43H,13,18-22,24-25,40H2,1-9H3,(H,41,45)(H,42,44)/t29-,31+,32+,33+,35+/m1/s1. The maximum Gasteiger partial charge on any atom is 0.224 e. The van der Waals surface area contributed by atoms with Crippen LogP contribution in [0.3, 0.4) is 0 Å². The van der Waals surface area contributed by atoms with Gasteiger partial charge in [-0.2, -0.15) is 0 Å². The molecule has 0 bridgehead atoms. The third-order valence-electron chi connectivity index (χ3n) is 9.01. The van der Waals surface area contributed by atoms with Gasteiger partial charge in [0.15, 0.2) is 0 Å². The lowest BCUT2D eigenvalue weighted by molar-refractivity contribution is -0.128. The molecule has 0 saturated carbocycles. The second-order valence-electron chi connectivity index (χ2n) is 14.8. The van der Waals surface area contributed by atoms with Crippen LogP contribution in [0.5, 0.6) is 5.75 Å². The topological polar surface area (TPSA) is 132 Å². The van der Waals surface area contributed by atoms with E-state index in [0.717, 1.165) is 17.5 Å². The zero-order chi connectivity index (χ0) is 35.9. The van der Waals surface area contributed by atoms with Crippen LogP contribution in [0.2, 0.25) is 0 Å². The first-order valence-electron chi connectivity index (χ1n) is 17.5. The predicted octanol–water partition coefficient (Wildman–Crippen LogP) is 6.11. The number of ether oxygens (including phenoxy) is 3. The van der Waals surface area contributed by atoms with Crippen molar-refractivity contribution in [3.05, 3.63) is 59.7 Å². The van der Waals surface area contributed by atoms with Crippen LogP contribution in [0.1, 0.15) is 85.3 Å². The van der Waals surface area contributed by atoms with Crippen LogP contribution in [0, 0.1) is 23.7 Å². The zero-order valence-electron chi connectivity index (χ0n) is 30.9. The van der Waals surface area contributed by atoms with Crippen LogP contribution in [-0.2, 0) is 30.9 Å². The van der Waals surface area contributed by atoms with E-state index in [-0.39, 0.29) is 53.9 Å². The number of anilines is 1. The van der Waals surface area contributed by atoms with E-state index >= 15 is 0 Å². The molecule has 0 radical (unpaired) electrons. The Morgan fingerprint density at radius 1 is 0.917 bits per heavy atom. The SMILES string of the molecule is COCCCOc1ccc(C(C)(C)C)cc1NC(=O)C[C@@H](C[C@H](N)[C@@H](O)C[C@H](C(=O)N[C@H](COC)Cc1ccccc1)C(C)C)C(C)C. The number of amides is 2. The number of aliphatic hydroxyl groups excluding tert-OH is 1. The van der Waals surface area contributed by atoms with Crippen LogP contribution >= 0.6 is 0 Å². The lowest BCUT2D eigenvalue weighted by atomic mass is 9.81. The summed E-state index contributed by atoms with van der Waals surface area (Å²) in [4.78, 5) is 26.9. The number of hydrogen-bond donors (Lipinski definition) is 4. The highest BCUT2D eigenvalue weighted by molar-refractivity contribution is 5.92. The van der Waals surface area contributed by atoms with Gasteiger partial charge >= 0.3 is 0 Å². The Kier molecular flexibility index (Phi) is 17.6. The van der Waals surface area contributed by atoms with Crippen LogP contribution in [0.25, 0.3) is 0 Å². The average molecular weight is 670 g/mol. The molecule has 0 aliphatic heterocycles. The molecule has 0 saturated heterocycles. The molecule has 2 aromatic rings. The van der Waals surface area contributed by atoms with Crippen molar-refractivity contribution in [1.82, 2.24) is 5.32 Å². The third kappa shape index (κ3) is 14.2. The van der Waals surface area contributed by atoms with Gasteiger partial charge in [0, 0.05) is 45.6 Å². The number of hydrogen-bond acceptors (Lipinski definition) is 7. The molecule has 9 heteroatoms. The summed E-state index contributed by atoms with van der Waals surface area (Å²) < 4.78 is 16.5. The monoisotopic (exact) mass is 669 g/mol. The fourth-order valence-electron chi connectivity index (χ4n) is 5.82. The molecular formula is C39H63N3O6. The molecule has 0 aromatic heterocycles. The Labute approximate surface area is 289 Å². The van der Waals surface area contributed by atoms with Crippen LogP contribution < -0.4 is 21.1 Å². The summed E-state index contributed by atoms with van der Waals surface area (Å²) in [5.74, 6) is 0.00576. The molecule has 9 nitrogen and oxygen atoms in total. The molecule has 0 heterocycles. The second-order valence-corrected chi connectivity index (χ2v) is 14.8. The van der Waals surface area contributed by atoms with Crippen LogP contribution in [0.15, 0.2) is 48.5 Å². The summed E-state index contributed by atoms with van der Waals surface area (Å²) in [5.41, 5.74) is 9.33. The number of carbonyl (C=O) groups excluding carboxylic acids is 2. The molecular weight excluding hydrogens is 606 g/mol. The zero-order valence-corrected chi connectivity index (χ0v) is 30.9. The van der Waals surface area contributed by atoms with Gasteiger partial charge in [-0.15, -0.1) is 0 Å². The molecule has 0 fully saturated rings. The number of rotatable bonds is 21. The molecule has 0 aliphatic carbocycles. The van der Waals surface area contributed by atoms with Gasteiger partial charge < -0.3 is 35.7 Å². The number of aliphatic hydroxyl groups is 1. The van der Waals surface area contributed by atoms with Gasteiger partial charge in [-0.1, -0.05) is 84.9 Å². The van der Waals surface area contributed by atoms with E-state index < -0.39 is 18.1 Å². The molecule has 2 aromatic carbocycles. The lowest BCUT2D eigenvalue weighted by Gasteiger charge is -2.30. The maximum atomic E-state index is 13.5. The fraction of sp³-hybridized carbons (Fsp3) is 0.641. The van der Waals surface area contributed by atoms with Crippen molar-refractivity contribution in [2.45, 2.75) is 104 Å². The Balaban J connectivity index is 2.08. The first kappa shape index (κ1) is 41.2. The van der Waals surface area contributed by atoms with Gasteiger partial charge in [0.05, 0.1) is 31.0 Å². The Morgan fingerprint density at radius 2 is 1.60 bits per heavy atom. The number of nitrogens with two attached hydrogens (primary N) is 1. The fourth-order valence-corrected chi connectivity index (χ4v) is 5.82. The Morgan fingerprint density at radius 3 is 2.19 bits per heavy atom. The van der Waals surface area contributed by atoms with E-state index in [1.54, 1.807) is 14.2 Å². The molecule has 48 heavy (non-hydrogen) atoms. The minimum absolute atomic E-state index is 0.00628. The van der Waals surface area contributed by atoms with Crippen molar-refractivity contribution < 1.29 is 28.9 Å². The Hall–Kier alpha value is -2.98. The predicted molar refractivity (Wildman–Crippen MR) is 194 cm³/mol. The van der Waals surface area contributed by atoms with Crippen molar-refractivity contribution in [2.24, 2.45) is 29.4 Å². The average Bonchev–Trinajstić information content (AvgIpc) is 3.01. The second kappa shape index (κ2) is 20.5. The highest BCUT2D eigenvalue weighted by atomic mass is 16.5. The molecule has 0 unspecified atom stereocenters. The lowest BCUT2D eigenvalue weighted by Crippen LogP contribution is -2.46. The smallest absolute Gasteiger partial charge is 0.224 e. The molecule has 5 N–H and O–H groups in total. The molecule has 2 rings (SSSR count). The quantitative estimate of drug-likeness (QED) is 0.118. The minimum Gasteiger partial charge on any atom is -0.491 e. The van der Waals surface area contributed by atoms with Gasteiger partial charge in [0.25, 0.3) is 0 Å². The van der Waals surface area contributed by atoms with E-state index in [0.29, 0.717) is 44.1 Å². The number of benzene rings is 2. The normalized spacial score (nSPS) is 15.1. The summed E-state index contributed by atoms with van der Waals surface area (Å²) in [5, 5.41) is 17.5. The summed E-state index contributed by atoms with van der Waals surface area (Å²) in [6.45, 7) is 15.9. The van der Waals surface area contributed by atoms with Crippen molar-refractivity contribution in [2.75, 3.05) is 39.4 Å². The van der Waals surface area contributed by atoms with Crippen LogP contribution in [-0.4, -0.2) is 69.1 Å². The number of carbonyl (C=O) groups is 2. The van der Waals surface area contributed by atoms with Crippen molar-refractivity contribution in [1.29, 1.82) is 0 Å². The molecule has 270 valence electrons. The Bertz CT molecular complexity index is 1230. The van der Waals surface area contributed by atoms with E-state index in [4.69, 9.17) is 19.9 Å². The van der Waals surface area contributed by atoms with E-state index in [1.807, 2.05) is 62.4 Å². The van der Waals surface area contributed by atoms with E-state index in [2.05, 4.69) is 45.3 Å². The highest BCUT2D eigenvalue weighted by Crippen LogP contribution is 2.33. The highest BCUT2D eigenvalue weighted by Gasteiger charge is 2.31.